The van der Waals surface area contributed by atoms with Crippen LogP contribution >= 0.6 is 0 Å². The Morgan fingerprint density at radius 2 is 1.85 bits per heavy atom. The van der Waals surface area contributed by atoms with Crippen molar-refractivity contribution in [3.05, 3.63) is 35.4 Å². The number of carboxylic acids is 1. The Morgan fingerprint density at radius 1 is 1.27 bits per heavy atom. The van der Waals surface area contributed by atoms with E-state index in [9.17, 15) is 22.8 Å². The molecule has 1 aliphatic carbocycles. The first kappa shape index (κ1) is 24.0. The van der Waals surface area contributed by atoms with Gasteiger partial charge in [-0.3, -0.25) is 9.59 Å². The van der Waals surface area contributed by atoms with Gasteiger partial charge >= 0.3 is 12.1 Å². The van der Waals surface area contributed by atoms with Crippen molar-refractivity contribution in [3.63, 3.8) is 0 Å². The quantitative estimate of drug-likeness (QED) is 0.597. The molecule has 9 heteroatoms. The maximum Gasteiger partial charge on any atom is 0.416 e. The van der Waals surface area contributed by atoms with Gasteiger partial charge in [-0.05, 0) is 25.0 Å². The number of aliphatic carboxylic acids is 1. The van der Waals surface area contributed by atoms with Gasteiger partial charge in [0, 0.05) is 18.2 Å². The third-order valence-electron chi connectivity index (χ3n) is 3.57. The van der Waals surface area contributed by atoms with E-state index in [-0.39, 0.29) is 12.1 Å². The molecular weight excluding hydrogens is 351 g/mol. The molecule has 0 saturated heterocycles. The summed E-state index contributed by atoms with van der Waals surface area (Å²) in [5.74, 6) is -1.05. The van der Waals surface area contributed by atoms with Gasteiger partial charge in [0.15, 0.2) is 0 Å². The topological polar surface area (TPSA) is 132 Å². The van der Waals surface area contributed by atoms with Gasteiger partial charge in [0.1, 0.15) is 12.3 Å². The second-order valence-electron chi connectivity index (χ2n) is 5.82. The summed E-state index contributed by atoms with van der Waals surface area (Å²) in [6, 6.07) is 3.89. The number of alkyl halides is 3. The lowest BCUT2D eigenvalue weighted by Crippen LogP contribution is -2.37. The first-order valence-electron chi connectivity index (χ1n) is 8.18. The lowest BCUT2D eigenvalue weighted by Gasteiger charge is -2.15. The molecule has 0 radical (unpaired) electrons. The summed E-state index contributed by atoms with van der Waals surface area (Å²) in [5, 5.41) is 7.98. The fourth-order valence-electron chi connectivity index (χ4n) is 2.02. The molecule has 7 N–H and O–H groups in total. The fourth-order valence-corrected chi connectivity index (χ4v) is 2.02. The standard InChI is InChI=1S/C8H5F3O.C6H13N.C3H8N2O2/c9-8(10,11)7-3-1-2-6(4-7)5-12;7-6-4-2-1-3-5-6;4-1-2(5)3(6)7/h1-5H;6H,1-5,7H2;2H,1,4-5H2,(H,6,7)/t;;2-/m..0/s1. The Bertz CT molecular complexity index is 548. The van der Waals surface area contributed by atoms with Gasteiger partial charge in [-0.25, -0.2) is 0 Å². The van der Waals surface area contributed by atoms with Gasteiger partial charge in [-0.1, -0.05) is 31.4 Å². The first-order valence-corrected chi connectivity index (χ1v) is 8.18. The number of rotatable bonds is 3. The molecule has 1 saturated carbocycles. The number of hydrogen-bond donors (Lipinski definition) is 4. The average molecular weight is 377 g/mol. The van der Waals surface area contributed by atoms with E-state index in [2.05, 4.69) is 0 Å². The number of aldehydes is 1. The maximum atomic E-state index is 12.0. The number of carbonyl (C=O) groups is 2. The molecule has 0 aliphatic heterocycles. The summed E-state index contributed by atoms with van der Waals surface area (Å²) in [6.45, 7) is -0.00463. The minimum absolute atomic E-state index is 0.00463. The van der Waals surface area contributed by atoms with E-state index in [1.165, 1.54) is 44.2 Å². The van der Waals surface area contributed by atoms with Crippen LogP contribution in [0.25, 0.3) is 0 Å². The minimum atomic E-state index is -4.38. The Balaban J connectivity index is 0.000000385. The van der Waals surface area contributed by atoms with E-state index in [1.807, 2.05) is 0 Å². The smallest absolute Gasteiger partial charge is 0.416 e. The molecule has 0 aromatic heterocycles. The van der Waals surface area contributed by atoms with Crippen LogP contribution in [0, 0.1) is 0 Å². The Labute approximate surface area is 150 Å². The van der Waals surface area contributed by atoms with Crippen LogP contribution in [0.5, 0.6) is 0 Å². The van der Waals surface area contributed by atoms with Gasteiger partial charge in [0.25, 0.3) is 0 Å². The highest BCUT2D eigenvalue weighted by Crippen LogP contribution is 2.29. The van der Waals surface area contributed by atoms with Crippen LogP contribution in [0.2, 0.25) is 0 Å². The zero-order valence-electron chi connectivity index (χ0n) is 14.4. The largest absolute Gasteiger partial charge is 0.480 e. The number of nitrogens with two attached hydrogens (primary N) is 3. The highest BCUT2D eigenvalue weighted by atomic mass is 19.4. The summed E-state index contributed by atoms with van der Waals surface area (Å²) >= 11 is 0. The second-order valence-corrected chi connectivity index (χ2v) is 5.82. The van der Waals surface area contributed by atoms with Gasteiger partial charge in [-0.15, -0.1) is 0 Å². The molecule has 0 bridgehead atoms. The molecule has 6 nitrogen and oxygen atoms in total. The molecule has 1 aromatic carbocycles. The summed E-state index contributed by atoms with van der Waals surface area (Å²) in [6.07, 6.45) is 2.67. The first-order chi connectivity index (χ1) is 12.1. The molecule has 1 atom stereocenters. The predicted octanol–water partition coefficient (Wildman–Crippen LogP) is 2.15. The van der Waals surface area contributed by atoms with Gasteiger partial charge < -0.3 is 22.3 Å². The molecule has 0 spiro atoms. The van der Waals surface area contributed by atoms with Crippen LogP contribution in [0.3, 0.4) is 0 Å². The zero-order valence-corrected chi connectivity index (χ0v) is 14.4. The van der Waals surface area contributed by atoms with Crippen LogP contribution in [-0.2, 0) is 11.0 Å². The summed E-state index contributed by atoms with van der Waals surface area (Å²) in [5.41, 5.74) is 14.6. The second kappa shape index (κ2) is 12.4. The summed E-state index contributed by atoms with van der Waals surface area (Å²) < 4.78 is 36.0. The van der Waals surface area contributed by atoms with Crippen molar-refractivity contribution in [1.82, 2.24) is 0 Å². The van der Waals surface area contributed by atoms with Crippen molar-refractivity contribution in [2.24, 2.45) is 17.2 Å². The number of hydrogen-bond acceptors (Lipinski definition) is 5. The highest BCUT2D eigenvalue weighted by molar-refractivity contribution is 5.75. The van der Waals surface area contributed by atoms with Crippen LogP contribution in [0.4, 0.5) is 13.2 Å². The third-order valence-corrected chi connectivity index (χ3v) is 3.57. The number of carbonyl (C=O) groups excluding carboxylic acids is 1. The van der Waals surface area contributed by atoms with Crippen LogP contribution in [0.15, 0.2) is 24.3 Å². The third kappa shape index (κ3) is 10.8. The van der Waals surface area contributed by atoms with Crippen LogP contribution in [-0.4, -0.2) is 36.0 Å². The lowest BCUT2D eigenvalue weighted by molar-refractivity contribution is -0.138. The molecule has 1 fully saturated rings. The molecule has 2 rings (SSSR count). The normalized spacial score (nSPS) is 15.6. The van der Waals surface area contributed by atoms with Gasteiger partial charge in [0.2, 0.25) is 0 Å². The summed E-state index contributed by atoms with van der Waals surface area (Å²) in [4.78, 5) is 19.8. The van der Waals surface area contributed by atoms with Crippen molar-refractivity contribution in [2.75, 3.05) is 6.54 Å². The van der Waals surface area contributed by atoms with Crippen molar-refractivity contribution in [3.8, 4) is 0 Å². The van der Waals surface area contributed by atoms with Crippen LogP contribution in [0.1, 0.15) is 48.0 Å². The van der Waals surface area contributed by atoms with E-state index in [0.717, 1.165) is 12.1 Å². The van der Waals surface area contributed by atoms with Gasteiger partial charge in [0.05, 0.1) is 5.56 Å². The Hall–Kier alpha value is -1.97. The number of halogens is 3. The molecule has 0 amide bonds. The molecule has 1 aromatic rings. The van der Waals surface area contributed by atoms with E-state index < -0.39 is 23.8 Å². The zero-order chi connectivity index (χ0) is 20.2. The Morgan fingerprint density at radius 3 is 2.15 bits per heavy atom. The van der Waals surface area contributed by atoms with Crippen molar-refractivity contribution in [1.29, 1.82) is 0 Å². The van der Waals surface area contributed by atoms with E-state index in [4.69, 9.17) is 22.3 Å². The average Bonchev–Trinajstić information content (AvgIpc) is 2.62. The fraction of sp³-hybridized carbons (Fsp3) is 0.529. The Kier molecular flexibility index (Phi) is 11.5. The maximum absolute atomic E-state index is 12.0. The number of benzene rings is 1. The SMILES string of the molecule is NC1CCCCC1.NC[C@H](N)C(=O)O.O=Cc1cccc(C(F)(F)F)c1. The van der Waals surface area contributed by atoms with Crippen molar-refractivity contribution in [2.45, 2.75) is 50.4 Å². The molecule has 148 valence electrons. The van der Waals surface area contributed by atoms with Crippen molar-refractivity contribution < 1.29 is 27.9 Å². The molecule has 26 heavy (non-hydrogen) atoms. The molecule has 1 aliphatic rings. The minimum Gasteiger partial charge on any atom is -0.480 e. The number of carboxylic acid groups (broad SMARTS) is 1. The molecule has 0 heterocycles. The highest BCUT2D eigenvalue weighted by Gasteiger charge is 2.30. The summed E-state index contributed by atoms with van der Waals surface area (Å²) in [7, 11) is 0. The predicted molar refractivity (Wildman–Crippen MR) is 92.6 cm³/mol. The van der Waals surface area contributed by atoms with Crippen LogP contribution < -0.4 is 17.2 Å². The van der Waals surface area contributed by atoms with Gasteiger partial charge in [-0.2, -0.15) is 13.2 Å². The lowest BCUT2D eigenvalue weighted by atomic mass is 9.97. The monoisotopic (exact) mass is 377 g/mol. The molecule has 0 unspecified atom stereocenters. The van der Waals surface area contributed by atoms with E-state index in [0.29, 0.717) is 12.3 Å². The van der Waals surface area contributed by atoms with E-state index >= 15 is 0 Å². The van der Waals surface area contributed by atoms with E-state index in [1.54, 1.807) is 0 Å². The van der Waals surface area contributed by atoms with Crippen molar-refractivity contribution >= 4 is 12.3 Å². The molecular formula is C17H26F3N3O3.